The van der Waals surface area contributed by atoms with E-state index in [9.17, 15) is 0 Å². The van der Waals surface area contributed by atoms with Gasteiger partial charge in [-0.2, -0.15) is 5.10 Å². The topological polar surface area (TPSA) is 30.2 Å². The largest absolute Gasteiger partial charge is 0.227 e. The van der Waals surface area contributed by atoms with Gasteiger partial charge < -0.3 is 0 Å². The first-order valence-electron chi connectivity index (χ1n) is 6.38. The average Bonchev–Trinajstić information content (AvgIpc) is 2.79. The highest BCUT2D eigenvalue weighted by Gasteiger charge is 2.10. The third-order valence-corrected chi connectivity index (χ3v) is 3.64. The van der Waals surface area contributed by atoms with Crippen LogP contribution >= 0.6 is 0 Å². The summed E-state index contributed by atoms with van der Waals surface area (Å²) >= 11 is 0. The van der Waals surface area contributed by atoms with Crippen molar-refractivity contribution in [3.8, 4) is 0 Å². The van der Waals surface area contributed by atoms with Crippen LogP contribution in [0.25, 0.3) is 27.6 Å². The number of nitrogens with zero attached hydrogens (tertiary/aromatic N) is 3. The van der Waals surface area contributed by atoms with Crippen LogP contribution in [0.4, 0.5) is 0 Å². The summed E-state index contributed by atoms with van der Waals surface area (Å²) in [6, 6.07) is 14.5. The molecule has 3 heteroatoms. The maximum Gasteiger partial charge on any atom is 0.158 e. The van der Waals surface area contributed by atoms with Crippen molar-refractivity contribution in [3.63, 3.8) is 0 Å². The van der Waals surface area contributed by atoms with Crippen LogP contribution in [-0.2, 0) is 0 Å². The van der Waals surface area contributed by atoms with Gasteiger partial charge >= 0.3 is 0 Å². The van der Waals surface area contributed by atoms with Crippen molar-refractivity contribution >= 4 is 27.6 Å². The molecular formula is C16H13N3. The molecular weight excluding hydrogens is 234 g/mol. The Morgan fingerprint density at radius 1 is 0.947 bits per heavy atom. The molecule has 0 fully saturated rings. The fraction of sp³-hybridized carbons (Fsp3) is 0.125. The highest BCUT2D eigenvalue weighted by molar-refractivity contribution is 5.90. The van der Waals surface area contributed by atoms with Crippen molar-refractivity contribution in [3.05, 3.63) is 53.6 Å². The average molecular weight is 247 g/mol. The Kier molecular flexibility index (Phi) is 1.96. The van der Waals surface area contributed by atoms with Gasteiger partial charge in [0.2, 0.25) is 0 Å². The van der Waals surface area contributed by atoms with Gasteiger partial charge in [-0.15, -0.1) is 0 Å². The van der Waals surface area contributed by atoms with Gasteiger partial charge in [-0.3, -0.25) is 0 Å². The van der Waals surface area contributed by atoms with Crippen LogP contribution in [0.2, 0.25) is 0 Å². The number of hydrogen-bond acceptors (Lipinski definition) is 2. The van der Waals surface area contributed by atoms with Crippen LogP contribution in [0.1, 0.15) is 11.1 Å². The molecule has 0 bridgehead atoms. The van der Waals surface area contributed by atoms with Gasteiger partial charge in [-0.1, -0.05) is 23.8 Å². The Hall–Kier alpha value is -2.42. The van der Waals surface area contributed by atoms with Crippen LogP contribution in [0.5, 0.6) is 0 Å². The summed E-state index contributed by atoms with van der Waals surface area (Å²) in [5.74, 6) is 0. The maximum atomic E-state index is 4.72. The molecule has 0 N–H and O–H groups in total. The Balaban J connectivity index is 2.29. The Bertz CT molecular complexity index is 935. The molecule has 0 saturated carbocycles. The zero-order chi connectivity index (χ0) is 13.0. The summed E-state index contributed by atoms with van der Waals surface area (Å²) in [4.78, 5) is 4.69. The second-order valence-corrected chi connectivity index (χ2v) is 4.98. The van der Waals surface area contributed by atoms with E-state index in [1.165, 1.54) is 16.5 Å². The number of imidazole rings is 1. The first-order valence-corrected chi connectivity index (χ1v) is 6.38. The van der Waals surface area contributed by atoms with Gasteiger partial charge in [0.1, 0.15) is 0 Å². The first kappa shape index (κ1) is 10.5. The molecule has 4 rings (SSSR count). The van der Waals surface area contributed by atoms with Crippen LogP contribution in [0, 0.1) is 13.8 Å². The lowest BCUT2D eigenvalue weighted by molar-refractivity contribution is 0.993. The summed E-state index contributed by atoms with van der Waals surface area (Å²) in [5.41, 5.74) is 6.44. The van der Waals surface area contributed by atoms with Crippen molar-refractivity contribution < 1.29 is 0 Å². The molecule has 19 heavy (non-hydrogen) atoms. The van der Waals surface area contributed by atoms with Crippen LogP contribution in [0.3, 0.4) is 0 Å². The normalized spacial score (nSPS) is 11.7. The summed E-state index contributed by atoms with van der Waals surface area (Å²) in [5, 5.41) is 5.91. The van der Waals surface area contributed by atoms with Crippen molar-refractivity contribution in [2.24, 2.45) is 0 Å². The molecule has 2 aromatic heterocycles. The molecule has 2 heterocycles. The van der Waals surface area contributed by atoms with Crippen LogP contribution in [-0.4, -0.2) is 14.6 Å². The van der Waals surface area contributed by atoms with Gasteiger partial charge in [-0.05, 0) is 38.1 Å². The van der Waals surface area contributed by atoms with E-state index < -0.39 is 0 Å². The van der Waals surface area contributed by atoms with Gasteiger partial charge in [0.25, 0.3) is 0 Å². The molecule has 0 aliphatic rings. The monoisotopic (exact) mass is 247 g/mol. The predicted octanol–water partition coefficient (Wildman–Crippen LogP) is 3.65. The molecule has 0 aliphatic carbocycles. The highest BCUT2D eigenvalue weighted by Crippen LogP contribution is 2.24. The number of fused-ring (bicyclic) bond motifs is 4. The highest BCUT2D eigenvalue weighted by atomic mass is 15.3. The quantitative estimate of drug-likeness (QED) is 0.475. The minimum atomic E-state index is 0.944. The second-order valence-electron chi connectivity index (χ2n) is 4.98. The summed E-state index contributed by atoms with van der Waals surface area (Å²) in [7, 11) is 0. The Morgan fingerprint density at radius 3 is 2.68 bits per heavy atom. The predicted molar refractivity (Wildman–Crippen MR) is 77.5 cm³/mol. The number of benzene rings is 2. The van der Waals surface area contributed by atoms with Gasteiger partial charge in [-0.25, -0.2) is 9.50 Å². The molecule has 3 nitrogen and oxygen atoms in total. The van der Waals surface area contributed by atoms with Crippen LogP contribution < -0.4 is 0 Å². The third kappa shape index (κ3) is 1.38. The van der Waals surface area contributed by atoms with Crippen LogP contribution in [0.15, 0.2) is 42.5 Å². The first-order chi connectivity index (χ1) is 9.24. The summed E-state index contributed by atoms with van der Waals surface area (Å²) in [6.45, 7) is 4.22. The van der Waals surface area contributed by atoms with E-state index in [2.05, 4.69) is 38.1 Å². The Labute approximate surface area is 110 Å². The molecule has 0 saturated heterocycles. The van der Waals surface area contributed by atoms with E-state index in [4.69, 9.17) is 10.1 Å². The fourth-order valence-electron chi connectivity index (χ4n) is 2.62. The van der Waals surface area contributed by atoms with E-state index in [1.807, 2.05) is 22.7 Å². The van der Waals surface area contributed by atoms with Gasteiger partial charge in [0, 0.05) is 10.9 Å². The van der Waals surface area contributed by atoms with Crippen molar-refractivity contribution in [2.45, 2.75) is 13.8 Å². The summed E-state index contributed by atoms with van der Waals surface area (Å²) in [6.07, 6.45) is 0. The Morgan fingerprint density at radius 2 is 1.79 bits per heavy atom. The molecule has 4 aromatic rings. The SMILES string of the molecule is Cc1ccc2nn3c(nc4ccccc43)c(C)c2c1. The lowest BCUT2D eigenvalue weighted by Crippen LogP contribution is -1.96. The molecule has 2 aromatic carbocycles. The number of aromatic nitrogens is 3. The van der Waals surface area contributed by atoms with E-state index in [0.717, 1.165) is 22.2 Å². The smallest absolute Gasteiger partial charge is 0.158 e. The van der Waals surface area contributed by atoms with Crippen molar-refractivity contribution in [1.82, 2.24) is 14.6 Å². The lowest BCUT2D eigenvalue weighted by atomic mass is 10.1. The number of aryl methyl sites for hydroxylation is 2. The molecule has 0 radical (unpaired) electrons. The maximum absolute atomic E-state index is 4.72. The lowest BCUT2D eigenvalue weighted by Gasteiger charge is -2.05. The fourth-order valence-corrected chi connectivity index (χ4v) is 2.62. The summed E-state index contributed by atoms with van der Waals surface area (Å²) < 4.78 is 1.95. The number of hydrogen-bond donors (Lipinski definition) is 0. The third-order valence-electron chi connectivity index (χ3n) is 3.64. The van der Waals surface area contributed by atoms with Crippen molar-refractivity contribution in [2.75, 3.05) is 0 Å². The number of rotatable bonds is 0. The molecule has 92 valence electrons. The molecule has 0 aliphatic heterocycles. The van der Waals surface area contributed by atoms with E-state index in [0.29, 0.717) is 0 Å². The zero-order valence-corrected chi connectivity index (χ0v) is 10.9. The van der Waals surface area contributed by atoms with Gasteiger partial charge in [0.15, 0.2) is 5.65 Å². The molecule has 0 unspecified atom stereocenters. The molecule has 0 amide bonds. The minimum absolute atomic E-state index is 0.944. The van der Waals surface area contributed by atoms with Gasteiger partial charge in [0.05, 0.1) is 16.6 Å². The minimum Gasteiger partial charge on any atom is -0.227 e. The standard InChI is InChI=1S/C16H13N3/c1-10-7-8-13-12(9-10)11(2)16-17-14-5-3-4-6-15(14)19(16)18-13/h3-9H,1-2H3. The zero-order valence-electron chi connectivity index (χ0n) is 10.9. The second kappa shape index (κ2) is 3.54. The van der Waals surface area contributed by atoms with E-state index in [1.54, 1.807) is 0 Å². The number of para-hydroxylation sites is 2. The van der Waals surface area contributed by atoms with E-state index >= 15 is 0 Å². The van der Waals surface area contributed by atoms with Crippen molar-refractivity contribution in [1.29, 1.82) is 0 Å². The molecule has 0 spiro atoms. The molecule has 0 atom stereocenters. The van der Waals surface area contributed by atoms with E-state index in [-0.39, 0.29) is 0 Å².